The molecule has 5 heterocycles. The van der Waals surface area contributed by atoms with Crippen molar-refractivity contribution in [1.82, 2.24) is 29.1 Å². The summed E-state index contributed by atoms with van der Waals surface area (Å²) in [5, 5.41) is 11.9. The van der Waals surface area contributed by atoms with Crippen molar-refractivity contribution < 1.29 is 28.8 Å². The highest BCUT2D eigenvalue weighted by molar-refractivity contribution is 7.13. The normalized spacial score (nSPS) is 16.8. The summed E-state index contributed by atoms with van der Waals surface area (Å²) < 4.78 is 30.1. The minimum Gasteiger partial charge on any atom is -0.491 e. The number of hydrogen-bond donors (Lipinski definition) is 1. The van der Waals surface area contributed by atoms with Crippen LogP contribution in [0.15, 0.2) is 79.1 Å². The minimum absolute atomic E-state index is 0.0365. The van der Waals surface area contributed by atoms with Crippen LogP contribution in [0.1, 0.15) is 47.7 Å². The number of likely N-dealkylation sites (N-methyl/N-ethyl adjacent to an activating group) is 1. The summed E-state index contributed by atoms with van der Waals surface area (Å²) in [6.07, 6.45) is 5.50. The molecular formula is C48H52ClN7O6S. The lowest BCUT2D eigenvalue weighted by molar-refractivity contribution is -0.145. The minimum atomic E-state index is -1.27. The molecule has 3 aromatic carbocycles. The fraction of sp³-hybridized carbons (Fsp3) is 0.396. The molecule has 13 nitrogen and oxygen atoms in total. The number of anilines is 1. The number of carboxylic acids is 1. The first-order valence-corrected chi connectivity index (χ1v) is 22.9. The number of pyridine rings is 1. The number of para-hydroxylation sites is 1. The Balaban J connectivity index is 0.939. The Hall–Kier alpha value is -5.38. The highest BCUT2D eigenvalue weighted by Gasteiger charge is 2.31. The van der Waals surface area contributed by atoms with Crippen molar-refractivity contribution in [2.24, 2.45) is 0 Å². The summed E-state index contributed by atoms with van der Waals surface area (Å²) in [4.78, 5) is 34.4. The van der Waals surface area contributed by atoms with Crippen LogP contribution in [-0.4, -0.2) is 119 Å². The van der Waals surface area contributed by atoms with Crippen molar-refractivity contribution in [3.63, 3.8) is 0 Å². The molecule has 3 fully saturated rings. The van der Waals surface area contributed by atoms with Crippen molar-refractivity contribution in [2.75, 3.05) is 77.6 Å². The first-order chi connectivity index (χ1) is 30.8. The van der Waals surface area contributed by atoms with Gasteiger partial charge in [-0.25, -0.2) is 14.8 Å². The number of halogens is 1. The second-order valence-corrected chi connectivity index (χ2v) is 17.7. The first-order valence-electron chi connectivity index (χ1n) is 21.8. The maximum absolute atomic E-state index is 13.0. The van der Waals surface area contributed by atoms with E-state index in [4.69, 9.17) is 44.9 Å². The van der Waals surface area contributed by atoms with Crippen LogP contribution >= 0.6 is 23.1 Å². The first kappa shape index (κ1) is 42.9. The molecule has 2 saturated heterocycles. The number of hydrogen-bond acceptors (Lipinski definition) is 13. The number of morpholine rings is 1. The number of carbonyl (C=O) groups is 1. The van der Waals surface area contributed by atoms with Gasteiger partial charge >= 0.3 is 5.97 Å². The van der Waals surface area contributed by atoms with Crippen molar-refractivity contribution in [3.05, 3.63) is 107 Å². The van der Waals surface area contributed by atoms with E-state index in [1.165, 1.54) is 11.5 Å². The Kier molecular flexibility index (Phi) is 13.3. The Bertz CT molecular complexity index is 2560. The Morgan fingerprint density at radius 2 is 1.79 bits per heavy atom. The number of fused-ring (bicyclic) bond motifs is 1. The molecule has 9 rings (SSSR count). The van der Waals surface area contributed by atoms with E-state index in [0.717, 1.165) is 109 Å². The lowest BCUT2D eigenvalue weighted by Gasteiger charge is -2.32. The zero-order valence-corrected chi connectivity index (χ0v) is 37.2. The van der Waals surface area contributed by atoms with Crippen LogP contribution in [0.3, 0.4) is 0 Å². The second-order valence-electron chi connectivity index (χ2n) is 16.5. The molecule has 3 aliphatic rings. The van der Waals surface area contributed by atoms with Gasteiger partial charge in [-0.3, -0.25) is 9.88 Å². The quantitative estimate of drug-likeness (QED) is 0.100. The van der Waals surface area contributed by atoms with Gasteiger partial charge in [0.2, 0.25) is 12.0 Å². The summed E-state index contributed by atoms with van der Waals surface area (Å²) in [6.45, 7) is 10.7. The maximum atomic E-state index is 13.0. The molecule has 0 spiro atoms. The van der Waals surface area contributed by atoms with E-state index >= 15 is 0 Å². The van der Waals surface area contributed by atoms with Gasteiger partial charge < -0.3 is 33.9 Å². The predicted molar refractivity (Wildman–Crippen MR) is 246 cm³/mol. The number of benzene rings is 3. The Labute approximate surface area is 376 Å². The van der Waals surface area contributed by atoms with E-state index in [9.17, 15) is 9.90 Å². The fourth-order valence-corrected chi connectivity index (χ4v) is 9.34. The zero-order valence-electron chi connectivity index (χ0n) is 35.7. The molecule has 6 aromatic rings. The third-order valence-electron chi connectivity index (χ3n) is 12.4. The predicted octanol–water partition coefficient (Wildman–Crippen LogP) is 8.16. The highest BCUT2D eigenvalue weighted by Crippen LogP contribution is 2.48. The molecule has 63 heavy (non-hydrogen) atoms. The maximum Gasteiger partial charge on any atom is 0.345 e. The molecule has 0 bridgehead atoms. The second kappa shape index (κ2) is 19.6. The average Bonchev–Trinajstić information content (AvgIpc) is 3.70. The number of piperazine rings is 1. The van der Waals surface area contributed by atoms with Crippen LogP contribution in [0.2, 0.25) is 5.02 Å². The van der Waals surface area contributed by atoms with E-state index < -0.39 is 12.1 Å². The standard InChI is InChI=1S/C48H52ClN7O6S/c1-31-37(13-14-39(44(31)49)60-26-21-55-19-17-54(2)18-20-55)42-43-41(29-51-45(42)32-8-5-9-32)63-53-47(43)62-40(48(57)58)28-33-7-3-4-12-38(33)61-30-35-15-16-50-46(52-35)34-10-6-11-36(27-34)56-22-24-59-25-23-56/h3-4,6-7,10-16,27,29,32,40H,5,8-9,17-26,28,30H2,1-2H3,(H,57,58). The van der Waals surface area contributed by atoms with Gasteiger partial charge in [-0.05, 0) is 85.4 Å². The molecule has 2 aliphatic heterocycles. The van der Waals surface area contributed by atoms with Gasteiger partial charge in [-0.15, -0.1) is 0 Å². The van der Waals surface area contributed by atoms with Gasteiger partial charge in [-0.2, -0.15) is 4.37 Å². The molecular weight excluding hydrogens is 838 g/mol. The van der Waals surface area contributed by atoms with Crippen molar-refractivity contribution in [3.8, 4) is 39.9 Å². The van der Waals surface area contributed by atoms with E-state index in [1.807, 2.05) is 67.7 Å². The lowest BCUT2D eigenvalue weighted by Crippen LogP contribution is -2.45. The van der Waals surface area contributed by atoms with Gasteiger partial charge in [0, 0.05) is 87.4 Å². The third-order valence-corrected chi connectivity index (χ3v) is 13.6. The smallest absolute Gasteiger partial charge is 0.345 e. The topological polar surface area (TPSA) is 136 Å². The van der Waals surface area contributed by atoms with Crippen LogP contribution in [0, 0.1) is 6.92 Å². The summed E-state index contributed by atoms with van der Waals surface area (Å²) in [5.74, 6) is 1.19. The summed E-state index contributed by atoms with van der Waals surface area (Å²) >= 11 is 8.33. The van der Waals surface area contributed by atoms with Gasteiger partial charge in [0.1, 0.15) is 24.7 Å². The van der Waals surface area contributed by atoms with Crippen LogP contribution in [0.5, 0.6) is 17.4 Å². The van der Waals surface area contributed by atoms with Crippen LogP contribution in [-0.2, 0) is 22.6 Å². The summed E-state index contributed by atoms with van der Waals surface area (Å²) in [5.41, 5.74) is 6.98. The number of aliphatic carboxylic acids is 1. The fourth-order valence-electron chi connectivity index (χ4n) is 8.43. The highest BCUT2D eigenvalue weighted by atomic mass is 35.5. The van der Waals surface area contributed by atoms with Gasteiger partial charge in [0.25, 0.3) is 0 Å². The van der Waals surface area contributed by atoms with Crippen molar-refractivity contribution >= 4 is 44.9 Å². The molecule has 15 heteroatoms. The number of aromatic nitrogens is 4. The zero-order chi connectivity index (χ0) is 43.3. The molecule has 1 atom stereocenters. The molecule has 1 N–H and O–H groups in total. The van der Waals surface area contributed by atoms with E-state index in [-0.39, 0.29) is 24.8 Å². The molecule has 328 valence electrons. The molecule has 3 aromatic heterocycles. The van der Waals surface area contributed by atoms with E-state index in [1.54, 1.807) is 6.20 Å². The van der Waals surface area contributed by atoms with Crippen LogP contribution < -0.4 is 19.1 Å². The monoisotopic (exact) mass is 889 g/mol. The molecule has 1 saturated carbocycles. The number of ether oxygens (including phenoxy) is 4. The summed E-state index contributed by atoms with van der Waals surface area (Å²) in [7, 11) is 2.15. The number of nitrogens with zero attached hydrogens (tertiary/aromatic N) is 7. The van der Waals surface area contributed by atoms with Gasteiger partial charge in [-0.1, -0.05) is 54.4 Å². The van der Waals surface area contributed by atoms with Crippen molar-refractivity contribution in [2.45, 2.75) is 51.2 Å². The third kappa shape index (κ3) is 9.75. The molecule has 1 aliphatic carbocycles. The average molecular weight is 891 g/mol. The summed E-state index contributed by atoms with van der Waals surface area (Å²) in [6, 6.07) is 21.4. The van der Waals surface area contributed by atoms with Crippen LogP contribution in [0.4, 0.5) is 5.69 Å². The lowest BCUT2D eigenvalue weighted by atomic mass is 9.79. The Morgan fingerprint density at radius 3 is 2.59 bits per heavy atom. The van der Waals surface area contributed by atoms with E-state index in [0.29, 0.717) is 53.4 Å². The van der Waals surface area contributed by atoms with Gasteiger partial charge in [0.05, 0.1) is 39.7 Å². The molecule has 1 unspecified atom stereocenters. The van der Waals surface area contributed by atoms with E-state index in [2.05, 4.69) is 38.9 Å². The number of carboxylic acid groups (broad SMARTS) is 1. The molecule has 0 amide bonds. The SMILES string of the molecule is Cc1c(-c2c(C3CCC3)ncc3snc(OC(Cc4ccccc4OCc4ccnc(-c5cccc(N6CCOCC6)c5)n4)C(=O)O)c23)ccc(OCCN2CCN(C)CC2)c1Cl. The van der Waals surface area contributed by atoms with Crippen LogP contribution in [0.25, 0.3) is 32.6 Å². The largest absolute Gasteiger partial charge is 0.491 e. The number of rotatable bonds is 16. The van der Waals surface area contributed by atoms with Crippen molar-refractivity contribution in [1.29, 1.82) is 0 Å². The molecule has 0 radical (unpaired) electrons. The van der Waals surface area contributed by atoms with Gasteiger partial charge in [0.15, 0.2) is 5.82 Å². The Morgan fingerprint density at radius 1 is 0.968 bits per heavy atom.